The lowest BCUT2D eigenvalue weighted by molar-refractivity contribution is -0.157. The van der Waals surface area contributed by atoms with Gasteiger partial charge in [0.25, 0.3) is 0 Å². The fraction of sp³-hybridized carbons (Fsp3) is 0.348. The Morgan fingerprint density at radius 1 is 0.968 bits per heavy atom. The third-order valence-electron chi connectivity index (χ3n) is 3.94. The second kappa shape index (κ2) is 11.0. The highest BCUT2D eigenvalue weighted by molar-refractivity contribution is 5.80. The third-order valence-corrected chi connectivity index (χ3v) is 3.94. The van der Waals surface area contributed by atoms with E-state index >= 15 is 0 Å². The van der Waals surface area contributed by atoms with Gasteiger partial charge in [0.05, 0.1) is 0 Å². The van der Waals surface area contributed by atoms with E-state index in [1.54, 1.807) is 57.2 Å². The standard InChI is InChI=1S/C23H27NO7/c1-23(2,3)31-20(25)15-29-18-11-9-16(10-12-18)13-19(21(26)27)24-22(28)30-14-17-7-5-4-6-8-17/h4-12,19H,13-15H2,1-3H3,(H,24,28)(H,26,27). The van der Waals surface area contributed by atoms with E-state index in [2.05, 4.69) is 5.32 Å². The van der Waals surface area contributed by atoms with E-state index in [9.17, 15) is 19.5 Å². The Bertz CT molecular complexity index is 873. The zero-order valence-electron chi connectivity index (χ0n) is 17.8. The molecular weight excluding hydrogens is 402 g/mol. The fourth-order valence-corrected chi connectivity index (χ4v) is 2.58. The van der Waals surface area contributed by atoms with Crippen LogP contribution in [0.1, 0.15) is 31.9 Å². The summed E-state index contributed by atoms with van der Waals surface area (Å²) in [6.07, 6.45) is -0.754. The van der Waals surface area contributed by atoms with Gasteiger partial charge >= 0.3 is 18.0 Å². The Hall–Kier alpha value is -3.55. The minimum Gasteiger partial charge on any atom is -0.482 e. The predicted molar refractivity (Wildman–Crippen MR) is 113 cm³/mol. The van der Waals surface area contributed by atoms with E-state index in [-0.39, 0.29) is 19.6 Å². The summed E-state index contributed by atoms with van der Waals surface area (Å²) in [5, 5.41) is 11.8. The van der Waals surface area contributed by atoms with E-state index in [1.807, 2.05) is 18.2 Å². The maximum atomic E-state index is 12.0. The molecule has 31 heavy (non-hydrogen) atoms. The predicted octanol–water partition coefficient (Wildman–Crippen LogP) is 3.33. The van der Waals surface area contributed by atoms with E-state index in [4.69, 9.17) is 14.2 Å². The summed E-state index contributed by atoms with van der Waals surface area (Å²) >= 11 is 0. The molecule has 0 aromatic heterocycles. The van der Waals surface area contributed by atoms with Gasteiger partial charge in [0.2, 0.25) is 0 Å². The molecule has 2 rings (SSSR count). The SMILES string of the molecule is CC(C)(C)OC(=O)COc1ccc(CC(NC(=O)OCc2ccccc2)C(=O)O)cc1. The highest BCUT2D eigenvalue weighted by atomic mass is 16.6. The van der Waals surface area contributed by atoms with Crippen molar-refractivity contribution in [3.05, 3.63) is 65.7 Å². The van der Waals surface area contributed by atoms with Crippen molar-refractivity contribution >= 4 is 18.0 Å². The molecule has 0 aliphatic rings. The number of hydrogen-bond acceptors (Lipinski definition) is 6. The molecular formula is C23H27NO7. The molecule has 2 aromatic rings. The van der Waals surface area contributed by atoms with Gasteiger partial charge in [-0.25, -0.2) is 14.4 Å². The first-order valence-electron chi connectivity index (χ1n) is 9.76. The molecule has 0 aliphatic heterocycles. The molecule has 0 saturated heterocycles. The number of ether oxygens (including phenoxy) is 3. The number of carboxylic acids is 1. The molecule has 8 heteroatoms. The topological polar surface area (TPSA) is 111 Å². The van der Waals surface area contributed by atoms with Gasteiger partial charge in [-0.15, -0.1) is 0 Å². The lowest BCUT2D eigenvalue weighted by Crippen LogP contribution is -2.42. The molecule has 166 valence electrons. The smallest absolute Gasteiger partial charge is 0.408 e. The largest absolute Gasteiger partial charge is 0.482 e. The van der Waals surface area contributed by atoms with E-state index in [1.165, 1.54) is 0 Å². The van der Waals surface area contributed by atoms with Crippen LogP contribution in [0.15, 0.2) is 54.6 Å². The average molecular weight is 429 g/mol. The van der Waals surface area contributed by atoms with Gasteiger partial charge < -0.3 is 24.6 Å². The third kappa shape index (κ3) is 9.20. The van der Waals surface area contributed by atoms with Crippen LogP contribution in [0.2, 0.25) is 0 Å². The number of benzene rings is 2. The monoisotopic (exact) mass is 429 g/mol. The number of carboxylic acid groups (broad SMARTS) is 1. The highest BCUT2D eigenvalue weighted by Gasteiger charge is 2.21. The zero-order chi connectivity index (χ0) is 22.9. The van der Waals surface area contributed by atoms with Crippen molar-refractivity contribution in [1.82, 2.24) is 5.32 Å². The van der Waals surface area contributed by atoms with Gasteiger partial charge in [0, 0.05) is 6.42 Å². The van der Waals surface area contributed by atoms with Crippen molar-refractivity contribution in [3.8, 4) is 5.75 Å². The van der Waals surface area contributed by atoms with Crippen LogP contribution in [0.5, 0.6) is 5.75 Å². The fourth-order valence-electron chi connectivity index (χ4n) is 2.58. The molecule has 0 bridgehead atoms. The van der Waals surface area contributed by atoms with Gasteiger partial charge in [-0.1, -0.05) is 42.5 Å². The first-order chi connectivity index (χ1) is 14.6. The summed E-state index contributed by atoms with van der Waals surface area (Å²) in [5.74, 6) is -1.22. The van der Waals surface area contributed by atoms with Crippen LogP contribution in [-0.2, 0) is 32.1 Å². The van der Waals surface area contributed by atoms with Crippen molar-refractivity contribution in [2.24, 2.45) is 0 Å². The summed E-state index contributed by atoms with van der Waals surface area (Å²) in [4.78, 5) is 35.2. The van der Waals surface area contributed by atoms with E-state index in [0.717, 1.165) is 5.56 Å². The van der Waals surface area contributed by atoms with E-state index < -0.39 is 29.7 Å². The van der Waals surface area contributed by atoms with Crippen LogP contribution in [0.25, 0.3) is 0 Å². The number of carbonyl (C=O) groups excluding carboxylic acids is 2. The van der Waals surface area contributed by atoms with Crippen LogP contribution in [0.3, 0.4) is 0 Å². The summed E-state index contributed by atoms with van der Waals surface area (Å²) in [6, 6.07) is 14.5. The van der Waals surface area contributed by atoms with Gasteiger partial charge in [-0.2, -0.15) is 0 Å². The normalized spacial score (nSPS) is 11.8. The summed E-state index contributed by atoms with van der Waals surface area (Å²) < 4.78 is 15.6. The molecule has 0 spiro atoms. The minimum atomic E-state index is -1.18. The first-order valence-corrected chi connectivity index (χ1v) is 9.76. The average Bonchev–Trinajstić information content (AvgIpc) is 2.70. The molecule has 1 unspecified atom stereocenters. The first kappa shape index (κ1) is 23.7. The second-order valence-electron chi connectivity index (χ2n) is 7.82. The van der Waals surface area contributed by atoms with Crippen LogP contribution in [0, 0.1) is 0 Å². The van der Waals surface area contributed by atoms with Crippen LogP contribution >= 0.6 is 0 Å². The number of aliphatic carboxylic acids is 1. The Morgan fingerprint density at radius 2 is 1.61 bits per heavy atom. The molecule has 0 heterocycles. The molecule has 0 fully saturated rings. The lowest BCUT2D eigenvalue weighted by atomic mass is 10.1. The maximum absolute atomic E-state index is 12.0. The van der Waals surface area contributed by atoms with Gasteiger partial charge in [-0.3, -0.25) is 0 Å². The Labute approximate surface area is 181 Å². The molecule has 1 atom stereocenters. The van der Waals surface area contributed by atoms with Crippen molar-refractivity contribution in [2.75, 3.05) is 6.61 Å². The van der Waals surface area contributed by atoms with Crippen molar-refractivity contribution < 1.29 is 33.7 Å². The van der Waals surface area contributed by atoms with Crippen LogP contribution < -0.4 is 10.1 Å². The molecule has 0 radical (unpaired) electrons. The Balaban J connectivity index is 1.84. The summed E-state index contributed by atoms with van der Waals surface area (Å²) in [6.45, 7) is 5.12. The number of rotatable bonds is 9. The minimum absolute atomic E-state index is 0.0443. The molecule has 2 N–H and O–H groups in total. The highest BCUT2D eigenvalue weighted by Crippen LogP contribution is 2.15. The molecule has 0 saturated carbocycles. The van der Waals surface area contributed by atoms with Crippen molar-refractivity contribution in [3.63, 3.8) is 0 Å². The van der Waals surface area contributed by atoms with Gasteiger partial charge in [0.15, 0.2) is 6.61 Å². The zero-order valence-corrected chi connectivity index (χ0v) is 17.8. The molecule has 0 aliphatic carbocycles. The van der Waals surface area contributed by atoms with Crippen LogP contribution in [-0.4, -0.2) is 41.4 Å². The van der Waals surface area contributed by atoms with Crippen LogP contribution in [0.4, 0.5) is 4.79 Å². The van der Waals surface area contributed by atoms with Crippen molar-refractivity contribution in [1.29, 1.82) is 0 Å². The summed E-state index contributed by atoms with van der Waals surface area (Å²) in [7, 11) is 0. The quantitative estimate of drug-likeness (QED) is 0.588. The number of esters is 1. The molecule has 1 amide bonds. The molecule has 8 nitrogen and oxygen atoms in total. The Kier molecular flexibility index (Phi) is 8.43. The number of alkyl carbamates (subject to hydrolysis) is 1. The number of hydrogen-bond donors (Lipinski definition) is 2. The number of carbonyl (C=O) groups is 3. The Morgan fingerprint density at radius 3 is 2.19 bits per heavy atom. The maximum Gasteiger partial charge on any atom is 0.408 e. The summed E-state index contributed by atoms with van der Waals surface area (Å²) in [5.41, 5.74) is 0.873. The number of amides is 1. The number of nitrogens with one attached hydrogen (secondary N) is 1. The van der Waals surface area contributed by atoms with Gasteiger partial charge in [-0.05, 0) is 44.0 Å². The van der Waals surface area contributed by atoms with E-state index in [0.29, 0.717) is 11.3 Å². The second-order valence-corrected chi connectivity index (χ2v) is 7.82. The van der Waals surface area contributed by atoms with Gasteiger partial charge in [0.1, 0.15) is 24.0 Å². The molecule has 2 aromatic carbocycles. The van der Waals surface area contributed by atoms with Crippen molar-refractivity contribution in [2.45, 2.75) is 45.4 Å². The lowest BCUT2D eigenvalue weighted by Gasteiger charge is -2.19.